The molecule has 0 heterocycles. The number of nitro benzene ring substituents is 1. The highest BCUT2D eigenvalue weighted by atomic mass is 19.1. The Morgan fingerprint density at radius 1 is 1.43 bits per heavy atom. The number of nitrogen functional groups attached to an aromatic ring is 1. The Balaban J connectivity index is 2.64. The van der Waals surface area contributed by atoms with Crippen LogP contribution in [0.25, 0.3) is 0 Å². The van der Waals surface area contributed by atoms with E-state index in [1.54, 1.807) is 7.11 Å². The summed E-state index contributed by atoms with van der Waals surface area (Å²) in [6.45, 7) is 1.91. The van der Waals surface area contributed by atoms with Crippen molar-refractivity contribution in [1.29, 1.82) is 0 Å². The zero-order valence-electron chi connectivity index (χ0n) is 11.5. The van der Waals surface area contributed by atoms with Crippen LogP contribution >= 0.6 is 0 Å². The van der Waals surface area contributed by atoms with E-state index in [1.165, 1.54) is 0 Å². The molecular weight excluding hydrogens is 283 g/mol. The van der Waals surface area contributed by atoms with Crippen molar-refractivity contribution in [2.24, 2.45) is 0 Å². The molecule has 0 radical (unpaired) electrons. The number of carbonyl (C=O) groups is 1. The van der Waals surface area contributed by atoms with Crippen molar-refractivity contribution in [3.8, 4) is 0 Å². The van der Waals surface area contributed by atoms with Crippen molar-refractivity contribution < 1.29 is 18.8 Å². The zero-order chi connectivity index (χ0) is 15.8. The Kier molecular flexibility index (Phi) is 6.50. The maximum absolute atomic E-state index is 13.3. The van der Waals surface area contributed by atoms with Crippen LogP contribution in [0, 0.1) is 15.9 Å². The fraction of sp³-hybridized carbons (Fsp3) is 0.417. The SMILES string of the molecule is COCCNCCNC(=O)c1cc(F)cc([N+](=O)[O-])c1N. The van der Waals surface area contributed by atoms with Gasteiger partial charge in [0.05, 0.1) is 23.2 Å². The number of nitrogens with zero attached hydrogens (tertiary/aromatic N) is 1. The first-order valence-corrected chi connectivity index (χ1v) is 6.18. The van der Waals surface area contributed by atoms with Gasteiger partial charge in [-0.15, -0.1) is 0 Å². The second-order valence-electron chi connectivity index (χ2n) is 4.14. The minimum atomic E-state index is -0.890. The third-order valence-corrected chi connectivity index (χ3v) is 2.63. The molecule has 0 saturated heterocycles. The predicted octanol–water partition coefficient (Wildman–Crippen LogP) is 0.282. The van der Waals surface area contributed by atoms with Crippen molar-refractivity contribution in [3.05, 3.63) is 33.6 Å². The molecule has 0 aliphatic rings. The topological polar surface area (TPSA) is 120 Å². The van der Waals surface area contributed by atoms with Gasteiger partial charge in [-0.25, -0.2) is 4.39 Å². The highest BCUT2D eigenvalue weighted by Gasteiger charge is 2.21. The Bertz CT molecular complexity index is 524. The molecule has 9 heteroatoms. The van der Waals surface area contributed by atoms with Crippen molar-refractivity contribution in [3.63, 3.8) is 0 Å². The lowest BCUT2D eigenvalue weighted by Crippen LogP contribution is -2.33. The molecule has 0 aliphatic carbocycles. The molecule has 21 heavy (non-hydrogen) atoms. The van der Waals surface area contributed by atoms with E-state index in [4.69, 9.17) is 10.5 Å². The summed E-state index contributed by atoms with van der Waals surface area (Å²) in [5, 5.41) is 16.2. The van der Waals surface area contributed by atoms with Crippen molar-refractivity contribution >= 4 is 17.3 Å². The summed E-state index contributed by atoms with van der Waals surface area (Å²) in [5.41, 5.74) is 4.29. The van der Waals surface area contributed by atoms with E-state index < -0.39 is 22.3 Å². The number of carbonyl (C=O) groups excluding carboxylic acids is 1. The third-order valence-electron chi connectivity index (χ3n) is 2.63. The van der Waals surface area contributed by atoms with Gasteiger partial charge in [-0.05, 0) is 6.07 Å². The van der Waals surface area contributed by atoms with Gasteiger partial charge in [0.1, 0.15) is 11.5 Å². The number of anilines is 1. The van der Waals surface area contributed by atoms with Gasteiger partial charge >= 0.3 is 0 Å². The molecule has 0 aromatic heterocycles. The van der Waals surface area contributed by atoms with E-state index in [2.05, 4.69) is 10.6 Å². The van der Waals surface area contributed by atoms with E-state index in [0.29, 0.717) is 25.8 Å². The number of rotatable bonds is 8. The van der Waals surface area contributed by atoms with E-state index in [9.17, 15) is 19.3 Å². The standard InChI is InChI=1S/C12H17FN4O4/c1-21-5-4-15-2-3-16-12(18)9-6-8(13)7-10(11(9)14)17(19)20/h6-7,15H,2-5,14H2,1H3,(H,16,18). The Labute approximate surface area is 120 Å². The smallest absolute Gasteiger partial charge is 0.295 e. The second-order valence-corrected chi connectivity index (χ2v) is 4.14. The van der Waals surface area contributed by atoms with E-state index >= 15 is 0 Å². The number of amides is 1. The number of halogens is 1. The van der Waals surface area contributed by atoms with Crippen LogP contribution in [-0.2, 0) is 4.74 Å². The number of ether oxygens (including phenoxy) is 1. The average molecular weight is 300 g/mol. The molecule has 4 N–H and O–H groups in total. The monoisotopic (exact) mass is 300 g/mol. The van der Waals surface area contributed by atoms with Gasteiger partial charge in [0.2, 0.25) is 0 Å². The Morgan fingerprint density at radius 2 is 2.14 bits per heavy atom. The largest absolute Gasteiger partial charge is 0.393 e. The highest BCUT2D eigenvalue weighted by molar-refractivity contribution is 6.01. The van der Waals surface area contributed by atoms with Gasteiger partial charge in [-0.1, -0.05) is 0 Å². The number of nitrogens with two attached hydrogens (primary N) is 1. The van der Waals surface area contributed by atoms with Gasteiger partial charge in [0.15, 0.2) is 0 Å². The number of hydrogen-bond donors (Lipinski definition) is 3. The lowest BCUT2D eigenvalue weighted by Gasteiger charge is -2.09. The van der Waals surface area contributed by atoms with Crippen LogP contribution in [0.1, 0.15) is 10.4 Å². The second kappa shape index (κ2) is 8.12. The van der Waals surface area contributed by atoms with Gasteiger partial charge in [-0.2, -0.15) is 0 Å². The number of nitrogens with one attached hydrogen (secondary N) is 2. The van der Waals surface area contributed by atoms with Crippen LogP contribution in [0.2, 0.25) is 0 Å². The molecule has 1 aromatic carbocycles. The van der Waals surface area contributed by atoms with Crippen LogP contribution in [0.5, 0.6) is 0 Å². The van der Waals surface area contributed by atoms with Crippen molar-refractivity contribution in [2.75, 3.05) is 39.1 Å². The van der Waals surface area contributed by atoms with Crippen molar-refractivity contribution in [1.82, 2.24) is 10.6 Å². The molecule has 116 valence electrons. The van der Waals surface area contributed by atoms with E-state index in [0.717, 1.165) is 6.07 Å². The van der Waals surface area contributed by atoms with Gasteiger partial charge in [-0.3, -0.25) is 14.9 Å². The van der Waals surface area contributed by atoms with Crippen molar-refractivity contribution in [2.45, 2.75) is 0 Å². The molecule has 0 saturated carbocycles. The summed E-state index contributed by atoms with van der Waals surface area (Å²) in [6, 6.07) is 1.55. The molecule has 1 amide bonds. The first-order valence-electron chi connectivity index (χ1n) is 6.18. The van der Waals surface area contributed by atoms with Gasteiger partial charge in [0.25, 0.3) is 11.6 Å². The third kappa shape index (κ3) is 4.97. The molecule has 0 aliphatic heterocycles. The molecule has 0 unspecified atom stereocenters. The minimum Gasteiger partial charge on any atom is -0.393 e. The number of benzene rings is 1. The van der Waals surface area contributed by atoms with Crippen LogP contribution in [-0.4, -0.2) is 44.2 Å². The predicted molar refractivity (Wildman–Crippen MR) is 74.5 cm³/mol. The Hall–Kier alpha value is -2.26. The maximum Gasteiger partial charge on any atom is 0.295 e. The number of nitro groups is 1. The molecule has 0 spiro atoms. The minimum absolute atomic E-state index is 0.251. The first-order chi connectivity index (χ1) is 9.97. The molecule has 0 atom stereocenters. The number of hydrogen-bond acceptors (Lipinski definition) is 6. The molecule has 0 bridgehead atoms. The zero-order valence-corrected chi connectivity index (χ0v) is 11.5. The van der Waals surface area contributed by atoms with E-state index in [1.807, 2.05) is 0 Å². The van der Waals surface area contributed by atoms with Crippen LogP contribution in [0.15, 0.2) is 12.1 Å². The fourth-order valence-electron chi connectivity index (χ4n) is 1.60. The van der Waals surface area contributed by atoms with Gasteiger partial charge in [0, 0.05) is 26.7 Å². The fourth-order valence-corrected chi connectivity index (χ4v) is 1.60. The molecule has 8 nitrogen and oxygen atoms in total. The summed E-state index contributed by atoms with van der Waals surface area (Å²) in [4.78, 5) is 21.7. The van der Waals surface area contributed by atoms with Gasteiger partial charge < -0.3 is 21.1 Å². The first kappa shape index (κ1) is 16.8. The maximum atomic E-state index is 13.3. The summed E-state index contributed by atoms with van der Waals surface area (Å²) < 4.78 is 18.1. The lowest BCUT2D eigenvalue weighted by atomic mass is 10.1. The highest BCUT2D eigenvalue weighted by Crippen LogP contribution is 2.26. The summed E-state index contributed by atoms with van der Waals surface area (Å²) in [7, 11) is 1.57. The molecule has 1 rings (SSSR count). The Morgan fingerprint density at radius 3 is 2.76 bits per heavy atom. The normalized spacial score (nSPS) is 10.4. The van der Waals surface area contributed by atoms with Crippen LogP contribution in [0.3, 0.4) is 0 Å². The molecule has 0 fully saturated rings. The van der Waals surface area contributed by atoms with Crippen LogP contribution < -0.4 is 16.4 Å². The molecule has 1 aromatic rings. The molecular formula is C12H17FN4O4. The quantitative estimate of drug-likeness (QED) is 0.274. The lowest BCUT2D eigenvalue weighted by molar-refractivity contribution is -0.384. The number of methoxy groups -OCH3 is 1. The summed E-state index contributed by atoms with van der Waals surface area (Å²) in [6.07, 6.45) is 0. The summed E-state index contributed by atoms with van der Waals surface area (Å²) >= 11 is 0. The average Bonchev–Trinajstić information content (AvgIpc) is 2.44. The van der Waals surface area contributed by atoms with E-state index in [-0.39, 0.29) is 17.8 Å². The van der Waals surface area contributed by atoms with Crippen LogP contribution in [0.4, 0.5) is 15.8 Å². The summed E-state index contributed by atoms with van der Waals surface area (Å²) in [5.74, 6) is -1.55.